The number of benzene rings is 2. The molecule has 0 fully saturated rings. The fourth-order valence-electron chi connectivity index (χ4n) is 2.81. The van der Waals surface area contributed by atoms with Crippen LogP contribution in [-0.4, -0.2) is 34.5 Å². The zero-order chi connectivity index (χ0) is 18.8. The van der Waals surface area contributed by atoms with Crippen molar-refractivity contribution in [3.8, 4) is 11.3 Å². The minimum absolute atomic E-state index is 0.107. The van der Waals surface area contributed by atoms with Gasteiger partial charge in [0.2, 0.25) is 5.13 Å². The van der Waals surface area contributed by atoms with Gasteiger partial charge in [0, 0.05) is 17.2 Å². The third kappa shape index (κ3) is 3.37. The topological polar surface area (TPSA) is 74.7 Å². The van der Waals surface area contributed by atoms with Gasteiger partial charge in [-0.05, 0) is 19.1 Å². The number of aromatic nitrogens is 1. The Bertz CT molecular complexity index is 1010. The standard InChI is InChI=1S/C20H16N4O2S/c1-13-6-8-14(9-7-13)17-12-27-20(22-17)23-21-10-11-24-18(25)15-4-2-3-5-16(15)19(24)26/h2-10,12H,11H2,1H3,(H,22,23)/b21-10+. The van der Waals surface area contributed by atoms with Crippen LogP contribution in [0.5, 0.6) is 0 Å². The van der Waals surface area contributed by atoms with Crippen molar-refractivity contribution in [1.82, 2.24) is 9.88 Å². The first-order valence-electron chi connectivity index (χ1n) is 8.39. The molecule has 0 saturated heterocycles. The quantitative estimate of drug-likeness (QED) is 0.417. The van der Waals surface area contributed by atoms with Gasteiger partial charge in [0.25, 0.3) is 11.8 Å². The van der Waals surface area contributed by atoms with E-state index in [4.69, 9.17) is 0 Å². The maximum absolute atomic E-state index is 12.3. The van der Waals surface area contributed by atoms with Crippen LogP contribution in [0.3, 0.4) is 0 Å². The highest BCUT2D eigenvalue weighted by molar-refractivity contribution is 7.14. The van der Waals surface area contributed by atoms with E-state index >= 15 is 0 Å². The Hall–Kier alpha value is -3.32. The van der Waals surface area contributed by atoms with Gasteiger partial charge in [-0.15, -0.1) is 11.3 Å². The molecule has 1 N–H and O–H groups in total. The molecule has 0 saturated carbocycles. The van der Waals surface area contributed by atoms with Crippen molar-refractivity contribution in [2.45, 2.75) is 6.92 Å². The molecule has 0 radical (unpaired) electrons. The third-order valence-electron chi connectivity index (χ3n) is 4.25. The number of thiazole rings is 1. The summed E-state index contributed by atoms with van der Waals surface area (Å²) >= 11 is 1.44. The van der Waals surface area contributed by atoms with Gasteiger partial charge in [0.15, 0.2) is 0 Å². The van der Waals surface area contributed by atoms with E-state index in [1.165, 1.54) is 28.0 Å². The van der Waals surface area contributed by atoms with Crippen molar-refractivity contribution in [2.75, 3.05) is 12.0 Å². The van der Waals surface area contributed by atoms with E-state index in [2.05, 4.69) is 15.5 Å². The zero-order valence-corrected chi connectivity index (χ0v) is 15.4. The summed E-state index contributed by atoms with van der Waals surface area (Å²) in [6, 6.07) is 15.0. The monoisotopic (exact) mass is 376 g/mol. The van der Waals surface area contributed by atoms with Crippen LogP contribution in [0.25, 0.3) is 11.3 Å². The first-order chi connectivity index (χ1) is 13.1. The summed E-state index contributed by atoms with van der Waals surface area (Å²) in [4.78, 5) is 30.2. The van der Waals surface area contributed by atoms with Gasteiger partial charge < -0.3 is 0 Å². The van der Waals surface area contributed by atoms with E-state index in [-0.39, 0.29) is 18.4 Å². The molecule has 2 heterocycles. The molecule has 0 aliphatic carbocycles. The van der Waals surface area contributed by atoms with E-state index < -0.39 is 0 Å². The van der Waals surface area contributed by atoms with Crippen LogP contribution in [-0.2, 0) is 0 Å². The van der Waals surface area contributed by atoms with Gasteiger partial charge in [-0.2, -0.15) is 5.10 Å². The summed E-state index contributed by atoms with van der Waals surface area (Å²) in [5.41, 5.74) is 6.84. The Kier molecular flexibility index (Phi) is 4.52. The van der Waals surface area contributed by atoms with Crippen LogP contribution >= 0.6 is 11.3 Å². The van der Waals surface area contributed by atoms with Crippen molar-refractivity contribution in [3.63, 3.8) is 0 Å². The highest BCUT2D eigenvalue weighted by atomic mass is 32.1. The van der Waals surface area contributed by atoms with Crippen molar-refractivity contribution in [1.29, 1.82) is 0 Å². The van der Waals surface area contributed by atoms with Gasteiger partial charge >= 0.3 is 0 Å². The Balaban J connectivity index is 1.37. The molecule has 3 aromatic rings. The number of imide groups is 1. The average molecular weight is 376 g/mol. The number of nitrogens with one attached hydrogen (secondary N) is 1. The first kappa shape index (κ1) is 17.1. The normalized spacial score (nSPS) is 13.4. The molecule has 0 spiro atoms. The second-order valence-corrected chi connectivity index (χ2v) is 6.95. The number of amides is 2. The number of hydrazone groups is 1. The van der Waals surface area contributed by atoms with Crippen LogP contribution in [0.15, 0.2) is 59.0 Å². The lowest BCUT2D eigenvalue weighted by Gasteiger charge is -2.09. The number of rotatable bonds is 5. The third-order valence-corrected chi connectivity index (χ3v) is 4.99. The van der Waals surface area contributed by atoms with Crippen molar-refractivity contribution in [3.05, 3.63) is 70.6 Å². The molecule has 2 aromatic carbocycles. The van der Waals surface area contributed by atoms with Crippen molar-refractivity contribution >= 4 is 34.5 Å². The molecule has 1 aromatic heterocycles. The fourth-order valence-corrected chi connectivity index (χ4v) is 3.48. The Morgan fingerprint density at radius 3 is 2.41 bits per heavy atom. The lowest BCUT2D eigenvalue weighted by Crippen LogP contribution is -2.31. The molecule has 7 heteroatoms. The van der Waals surface area contributed by atoms with Crippen molar-refractivity contribution in [2.24, 2.45) is 5.10 Å². The summed E-state index contributed by atoms with van der Waals surface area (Å²) in [5, 5.41) is 6.68. The van der Waals surface area contributed by atoms with E-state index in [9.17, 15) is 9.59 Å². The SMILES string of the molecule is Cc1ccc(-c2csc(N/N=C/CN3C(=O)c4ccccc4C3=O)n2)cc1. The number of fused-ring (bicyclic) bond motifs is 1. The Morgan fingerprint density at radius 2 is 1.74 bits per heavy atom. The predicted molar refractivity (Wildman–Crippen MR) is 106 cm³/mol. The van der Waals surface area contributed by atoms with Gasteiger partial charge in [0.05, 0.1) is 23.4 Å². The number of carbonyl (C=O) groups is 2. The predicted octanol–water partition coefficient (Wildman–Crippen LogP) is 3.81. The second-order valence-electron chi connectivity index (χ2n) is 6.09. The maximum atomic E-state index is 12.3. The summed E-state index contributed by atoms with van der Waals surface area (Å²) in [5.74, 6) is -0.587. The Morgan fingerprint density at radius 1 is 1.07 bits per heavy atom. The molecule has 0 unspecified atom stereocenters. The minimum Gasteiger partial charge on any atom is -0.269 e. The highest BCUT2D eigenvalue weighted by Gasteiger charge is 2.34. The zero-order valence-electron chi connectivity index (χ0n) is 14.5. The Labute approximate surface area is 160 Å². The largest absolute Gasteiger partial charge is 0.269 e. The number of hydrogen-bond donors (Lipinski definition) is 1. The van der Waals surface area contributed by atoms with E-state index in [1.54, 1.807) is 24.3 Å². The number of carbonyl (C=O) groups excluding carboxylic acids is 2. The van der Waals surface area contributed by atoms with E-state index in [0.29, 0.717) is 16.3 Å². The number of aryl methyl sites for hydroxylation is 1. The van der Waals surface area contributed by atoms with Crippen LogP contribution in [0.2, 0.25) is 0 Å². The van der Waals surface area contributed by atoms with Crippen LogP contribution in [0.1, 0.15) is 26.3 Å². The number of anilines is 1. The molecule has 0 bridgehead atoms. The molecule has 2 amide bonds. The van der Waals surface area contributed by atoms with Crippen LogP contribution in [0.4, 0.5) is 5.13 Å². The van der Waals surface area contributed by atoms with Crippen LogP contribution in [0, 0.1) is 6.92 Å². The van der Waals surface area contributed by atoms with Gasteiger partial charge in [0.1, 0.15) is 0 Å². The van der Waals surface area contributed by atoms with Gasteiger partial charge in [-0.3, -0.25) is 19.9 Å². The summed E-state index contributed by atoms with van der Waals surface area (Å²) in [6.45, 7) is 2.15. The molecule has 27 heavy (non-hydrogen) atoms. The molecule has 1 aliphatic heterocycles. The molecular weight excluding hydrogens is 360 g/mol. The summed E-state index contributed by atoms with van der Waals surface area (Å²) in [7, 11) is 0. The summed E-state index contributed by atoms with van der Waals surface area (Å²) in [6.07, 6.45) is 1.49. The highest BCUT2D eigenvalue weighted by Crippen LogP contribution is 2.25. The molecule has 0 atom stereocenters. The minimum atomic E-state index is -0.294. The molecule has 6 nitrogen and oxygen atoms in total. The molecular formula is C20H16N4O2S. The van der Waals surface area contributed by atoms with E-state index in [0.717, 1.165) is 11.3 Å². The smallest absolute Gasteiger partial charge is 0.261 e. The maximum Gasteiger partial charge on any atom is 0.261 e. The number of nitrogens with zero attached hydrogens (tertiary/aromatic N) is 3. The summed E-state index contributed by atoms with van der Waals surface area (Å²) < 4.78 is 0. The fraction of sp³-hybridized carbons (Fsp3) is 0.100. The average Bonchev–Trinajstić information content (AvgIpc) is 3.25. The second kappa shape index (κ2) is 7.13. The van der Waals surface area contributed by atoms with Gasteiger partial charge in [-0.25, -0.2) is 4.98 Å². The first-order valence-corrected chi connectivity index (χ1v) is 9.27. The van der Waals surface area contributed by atoms with Crippen LogP contribution < -0.4 is 5.43 Å². The van der Waals surface area contributed by atoms with Crippen molar-refractivity contribution < 1.29 is 9.59 Å². The molecule has 134 valence electrons. The number of hydrogen-bond acceptors (Lipinski definition) is 6. The molecule has 1 aliphatic rings. The molecule has 4 rings (SSSR count). The van der Waals surface area contributed by atoms with E-state index in [1.807, 2.05) is 36.6 Å². The lowest BCUT2D eigenvalue weighted by molar-refractivity contribution is 0.0679. The van der Waals surface area contributed by atoms with Gasteiger partial charge in [-0.1, -0.05) is 42.0 Å². The lowest BCUT2D eigenvalue weighted by atomic mass is 10.1.